The molecule has 0 aliphatic carbocycles. The molecule has 148 valence electrons. The van der Waals surface area contributed by atoms with Crippen molar-refractivity contribution >= 4 is 0 Å². The SMILES string of the molecule is CCCCOc1ccc(-c2cc(F)c(C#Cc3ccc(F)c(F)c3)c(F)c2)cc1. The van der Waals surface area contributed by atoms with E-state index in [1.54, 1.807) is 24.3 Å². The molecule has 3 aromatic carbocycles. The van der Waals surface area contributed by atoms with Gasteiger partial charge < -0.3 is 4.74 Å². The number of hydrogen-bond donors (Lipinski definition) is 0. The van der Waals surface area contributed by atoms with Gasteiger partial charge >= 0.3 is 0 Å². The molecule has 0 saturated heterocycles. The lowest BCUT2D eigenvalue weighted by atomic mass is 10.0. The maximum atomic E-state index is 14.4. The number of ether oxygens (including phenoxy) is 1. The summed E-state index contributed by atoms with van der Waals surface area (Å²) in [5.74, 6) is 1.73. The van der Waals surface area contributed by atoms with Crippen LogP contribution in [0.4, 0.5) is 17.6 Å². The smallest absolute Gasteiger partial charge is 0.160 e. The van der Waals surface area contributed by atoms with Crippen molar-refractivity contribution < 1.29 is 22.3 Å². The highest BCUT2D eigenvalue weighted by Gasteiger charge is 2.11. The van der Waals surface area contributed by atoms with Gasteiger partial charge in [-0.2, -0.15) is 0 Å². The van der Waals surface area contributed by atoms with Crippen LogP contribution in [0.1, 0.15) is 30.9 Å². The van der Waals surface area contributed by atoms with E-state index in [2.05, 4.69) is 18.8 Å². The molecule has 0 aromatic heterocycles. The molecule has 3 aromatic rings. The first-order chi connectivity index (χ1) is 14.0. The minimum atomic E-state index is -1.07. The summed E-state index contributed by atoms with van der Waals surface area (Å²) in [6.45, 7) is 2.69. The summed E-state index contributed by atoms with van der Waals surface area (Å²) in [4.78, 5) is 0. The van der Waals surface area contributed by atoms with Crippen LogP contribution in [-0.2, 0) is 0 Å². The molecule has 0 bridgehead atoms. The molecule has 29 heavy (non-hydrogen) atoms. The Morgan fingerprint density at radius 3 is 2.03 bits per heavy atom. The van der Waals surface area contributed by atoms with Gasteiger partial charge in [0.05, 0.1) is 12.2 Å². The van der Waals surface area contributed by atoms with Crippen molar-refractivity contribution in [1.29, 1.82) is 0 Å². The van der Waals surface area contributed by atoms with Gasteiger partial charge in [0.2, 0.25) is 0 Å². The molecule has 5 heteroatoms. The summed E-state index contributed by atoms with van der Waals surface area (Å²) < 4.78 is 60.6. The highest BCUT2D eigenvalue weighted by atomic mass is 19.2. The highest BCUT2D eigenvalue weighted by molar-refractivity contribution is 5.66. The maximum absolute atomic E-state index is 14.4. The van der Waals surface area contributed by atoms with Crippen LogP contribution >= 0.6 is 0 Å². The van der Waals surface area contributed by atoms with E-state index < -0.39 is 28.8 Å². The van der Waals surface area contributed by atoms with Crippen molar-refractivity contribution in [2.45, 2.75) is 19.8 Å². The summed E-state index contributed by atoms with van der Waals surface area (Å²) in [6, 6.07) is 12.3. The van der Waals surface area contributed by atoms with Gasteiger partial charge in [-0.25, -0.2) is 17.6 Å². The van der Waals surface area contributed by atoms with Crippen LogP contribution in [0.25, 0.3) is 11.1 Å². The molecular formula is C24H18F4O. The topological polar surface area (TPSA) is 9.23 Å². The van der Waals surface area contributed by atoms with E-state index in [1.165, 1.54) is 18.2 Å². The lowest BCUT2D eigenvalue weighted by Gasteiger charge is -2.08. The molecule has 0 N–H and O–H groups in total. The first-order valence-corrected chi connectivity index (χ1v) is 9.17. The lowest BCUT2D eigenvalue weighted by molar-refractivity contribution is 0.309. The standard InChI is InChI=1S/C24H18F4O/c1-2-3-12-29-19-8-6-17(7-9-19)18-14-22(26)20(23(27)15-18)10-4-16-5-11-21(25)24(28)13-16/h5-9,11,13-15H,2-3,12H2,1H3. The molecule has 0 fully saturated rings. The van der Waals surface area contributed by atoms with Gasteiger partial charge in [-0.05, 0) is 60.0 Å². The number of halogens is 4. The molecule has 0 radical (unpaired) electrons. The number of hydrogen-bond acceptors (Lipinski definition) is 1. The third-order valence-corrected chi connectivity index (χ3v) is 4.25. The molecule has 0 spiro atoms. The van der Waals surface area contributed by atoms with Gasteiger partial charge in [-0.15, -0.1) is 0 Å². The van der Waals surface area contributed by atoms with Crippen LogP contribution in [0.15, 0.2) is 54.6 Å². The zero-order chi connectivity index (χ0) is 20.8. The summed E-state index contributed by atoms with van der Waals surface area (Å²) in [5.41, 5.74) is 0.674. The van der Waals surface area contributed by atoms with Crippen molar-refractivity contribution in [2.75, 3.05) is 6.61 Å². The fraction of sp³-hybridized carbons (Fsp3) is 0.167. The molecule has 0 atom stereocenters. The molecule has 0 aliphatic rings. The van der Waals surface area contributed by atoms with Crippen molar-refractivity contribution in [1.82, 2.24) is 0 Å². The second-order valence-corrected chi connectivity index (χ2v) is 6.42. The lowest BCUT2D eigenvalue weighted by Crippen LogP contribution is -1.96. The van der Waals surface area contributed by atoms with Crippen LogP contribution in [0.3, 0.4) is 0 Å². The Morgan fingerprint density at radius 1 is 0.724 bits per heavy atom. The van der Waals surface area contributed by atoms with Crippen LogP contribution in [0, 0.1) is 35.1 Å². The Hall–Kier alpha value is -3.26. The Labute approximate surface area is 167 Å². The molecule has 0 unspecified atom stereocenters. The number of benzene rings is 3. The van der Waals surface area contributed by atoms with E-state index in [0.717, 1.165) is 25.0 Å². The molecular weight excluding hydrogens is 380 g/mol. The van der Waals surface area contributed by atoms with Gasteiger partial charge in [-0.1, -0.05) is 37.3 Å². The second-order valence-electron chi connectivity index (χ2n) is 6.42. The van der Waals surface area contributed by atoms with Gasteiger partial charge in [-0.3, -0.25) is 0 Å². The highest BCUT2D eigenvalue weighted by Crippen LogP contribution is 2.26. The van der Waals surface area contributed by atoms with Crippen molar-refractivity contribution in [3.05, 3.63) is 89.0 Å². The van der Waals surface area contributed by atoms with Crippen LogP contribution in [-0.4, -0.2) is 6.61 Å². The van der Waals surface area contributed by atoms with Gasteiger partial charge in [0.15, 0.2) is 11.6 Å². The first-order valence-electron chi connectivity index (χ1n) is 9.17. The van der Waals surface area contributed by atoms with Gasteiger partial charge in [0.1, 0.15) is 17.4 Å². The molecule has 3 rings (SSSR count). The van der Waals surface area contributed by atoms with Crippen molar-refractivity contribution in [3.8, 4) is 28.7 Å². The summed E-state index contributed by atoms with van der Waals surface area (Å²) in [7, 11) is 0. The molecule has 0 amide bonds. The largest absolute Gasteiger partial charge is 0.494 e. The zero-order valence-electron chi connectivity index (χ0n) is 15.7. The van der Waals surface area contributed by atoms with Crippen LogP contribution < -0.4 is 4.74 Å². The fourth-order valence-corrected chi connectivity index (χ4v) is 2.65. The Balaban J connectivity index is 1.82. The normalized spacial score (nSPS) is 10.4. The minimum absolute atomic E-state index is 0.116. The average Bonchev–Trinajstić information content (AvgIpc) is 2.70. The average molecular weight is 398 g/mol. The Morgan fingerprint density at radius 2 is 1.41 bits per heavy atom. The quantitative estimate of drug-likeness (QED) is 0.271. The summed E-state index contributed by atoms with van der Waals surface area (Å²) in [6.07, 6.45) is 1.98. The fourth-order valence-electron chi connectivity index (χ4n) is 2.65. The summed E-state index contributed by atoms with van der Waals surface area (Å²) in [5, 5.41) is 0. The number of unbranched alkanes of at least 4 members (excludes halogenated alkanes) is 1. The maximum Gasteiger partial charge on any atom is 0.160 e. The zero-order valence-corrected chi connectivity index (χ0v) is 15.7. The predicted molar refractivity (Wildman–Crippen MR) is 105 cm³/mol. The van der Waals surface area contributed by atoms with E-state index >= 15 is 0 Å². The van der Waals surface area contributed by atoms with Gasteiger partial charge in [0, 0.05) is 5.56 Å². The minimum Gasteiger partial charge on any atom is -0.494 e. The molecule has 0 aliphatic heterocycles. The van der Waals surface area contributed by atoms with E-state index in [9.17, 15) is 17.6 Å². The van der Waals surface area contributed by atoms with Crippen molar-refractivity contribution in [2.24, 2.45) is 0 Å². The van der Waals surface area contributed by atoms with E-state index in [-0.39, 0.29) is 5.56 Å². The molecule has 1 nitrogen and oxygen atoms in total. The van der Waals surface area contributed by atoms with E-state index in [4.69, 9.17) is 4.74 Å². The second kappa shape index (κ2) is 9.29. The third-order valence-electron chi connectivity index (χ3n) is 4.25. The third kappa shape index (κ3) is 5.17. The Kier molecular flexibility index (Phi) is 6.56. The van der Waals surface area contributed by atoms with E-state index in [0.29, 0.717) is 23.5 Å². The number of rotatable bonds is 5. The first kappa shape index (κ1) is 20.5. The Bertz CT molecular complexity index is 1040. The van der Waals surface area contributed by atoms with Crippen molar-refractivity contribution in [3.63, 3.8) is 0 Å². The molecule has 0 heterocycles. The van der Waals surface area contributed by atoms with Crippen LogP contribution in [0.5, 0.6) is 5.75 Å². The summed E-state index contributed by atoms with van der Waals surface area (Å²) >= 11 is 0. The predicted octanol–water partition coefficient (Wildman–Crippen LogP) is 6.49. The monoisotopic (exact) mass is 398 g/mol. The van der Waals surface area contributed by atoms with E-state index in [1.807, 2.05) is 0 Å². The van der Waals surface area contributed by atoms with Gasteiger partial charge in [0.25, 0.3) is 0 Å². The van der Waals surface area contributed by atoms with Crippen LogP contribution in [0.2, 0.25) is 0 Å². The molecule has 0 saturated carbocycles.